The molecule has 0 aliphatic rings. The van der Waals surface area contributed by atoms with Gasteiger partial charge in [-0.3, -0.25) is 0 Å². The number of aryl methyl sites for hydroxylation is 1. The van der Waals surface area contributed by atoms with Gasteiger partial charge in [-0.1, -0.05) is 11.2 Å². The Bertz CT molecular complexity index is 431. The van der Waals surface area contributed by atoms with E-state index in [9.17, 15) is 0 Å². The molecule has 0 radical (unpaired) electrons. The molecule has 0 bridgehead atoms. The maximum Gasteiger partial charge on any atom is 0.141 e. The van der Waals surface area contributed by atoms with Gasteiger partial charge >= 0.3 is 0 Å². The highest BCUT2D eigenvalue weighted by atomic mass is 16.5. The first-order valence-electron chi connectivity index (χ1n) is 4.30. The minimum Gasteiger partial charge on any atom is -0.360 e. The lowest BCUT2D eigenvalue weighted by Crippen LogP contribution is -2.04. The van der Waals surface area contributed by atoms with Crippen LogP contribution in [0.3, 0.4) is 0 Å². The Morgan fingerprint density at radius 2 is 2.23 bits per heavy atom. The number of hydrogen-bond acceptors (Lipinski definition) is 3. The molecule has 0 saturated heterocycles. The highest BCUT2D eigenvalue weighted by Crippen LogP contribution is 2.21. The molecule has 2 N–H and O–H groups in total. The van der Waals surface area contributed by atoms with Crippen LogP contribution in [0, 0.1) is 6.92 Å². The first-order chi connectivity index (χ1) is 6.18. The van der Waals surface area contributed by atoms with E-state index in [0.29, 0.717) is 0 Å². The summed E-state index contributed by atoms with van der Waals surface area (Å²) in [5, 5.41) is 4.95. The Morgan fingerprint density at radius 1 is 1.46 bits per heavy atom. The van der Waals surface area contributed by atoms with Gasteiger partial charge in [0.05, 0.1) is 0 Å². The van der Waals surface area contributed by atoms with Crippen molar-refractivity contribution in [3.63, 3.8) is 0 Å². The molecule has 0 aliphatic heterocycles. The van der Waals surface area contributed by atoms with Crippen molar-refractivity contribution < 1.29 is 4.52 Å². The SMILES string of the molecule is Cc1onc2ccc(C(C)N)cc12. The second-order valence-corrected chi connectivity index (χ2v) is 3.30. The first kappa shape index (κ1) is 8.26. The number of nitrogens with zero attached hydrogens (tertiary/aromatic N) is 1. The maximum absolute atomic E-state index is 5.77. The molecule has 3 nitrogen and oxygen atoms in total. The zero-order valence-corrected chi connectivity index (χ0v) is 7.74. The molecule has 2 rings (SSSR count). The number of aromatic nitrogens is 1. The van der Waals surface area contributed by atoms with Crippen LogP contribution in [-0.2, 0) is 0 Å². The van der Waals surface area contributed by atoms with Crippen LogP contribution in [0.25, 0.3) is 10.9 Å². The molecule has 0 aliphatic carbocycles. The van der Waals surface area contributed by atoms with Crippen molar-refractivity contribution in [1.82, 2.24) is 5.16 Å². The average Bonchev–Trinajstić information content (AvgIpc) is 2.47. The molecule has 1 aromatic heterocycles. The Hall–Kier alpha value is -1.35. The smallest absolute Gasteiger partial charge is 0.141 e. The van der Waals surface area contributed by atoms with Gasteiger partial charge in [0.25, 0.3) is 0 Å². The number of nitrogens with two attached hydrogens (primary N) is 1. The quantitative estimate of drug-likeness (QED) is 0.724. The molecule has 0 spiro atoms. The second-order valence-electron chi connectivity index (χ2n) is 3.30. The summed E-state index contributed by atoms with van der Waals surface area (Å²) in [7, 11) is 0. The van der Waals surface area contributed by atoms with E-state index in [0.717, 1.165) is 22.2 Å². The molecular formula is C10H12N2O. The molecule has 68 valence electrons. The van der Waals surface area contributed by atoms with Crippen LogP contribution in [0.15, 0.2) is 22.7 Å². The average molecular weight is 176 g/mol. The van der Waals surface area contributed by atoms with Crippen molar-refractivity contribution in [2.75, 3.05) is 0 Å². The van der Waals surface area contributed by atoms with E-state index in [2.05, 4.69) is 5.16 Å². The largest absolute Gasteiger partial charge is 0.360 e. The van der Waals surface area contributed by atoms with Crippen molar-refractivity contribution in [3.8, 4) is 0 Å². The van der Waals surface area contributed by atoms with E-state index in [1.807, 2.05) is 32.0 Å². The fraction of sp³-hybridized carbons (Fsp3) is 0.300. The highest BCUT2D eigenvalue weighted by molar-refractivity contribution is 5.80. The molecule has 2 aromatic rings. The van der Waals surface area contributed by atoms with E-state index < -0.39 is 0 Å². The lowest BCUT2D eigenvalue weighted by molar-refractivity contribution is 0.405. The topological polar surface area (TPSA) is 52.0 Å². The molecule has 13 heavy (non-hydrogen) atoms. The van der Waals surface area contributed by atoms with Gasteiger partial charge in [-0.25, -0.2) is 0 Å². The summed E-state index contributed by atoms with van der Waals surface area (Å²) in [6.45, 7) is 3.87. The van der Waals surface area contributed by atoms with Gasteiger partial charge in [-0.15, -0.1) is 0 Å². The minimum absolute atomic E-state index is 0.0544. The number of hydrogen-bond donors (Lipinski definition) is 1. The molecule has 0 saturated carbocycles. The zero-order chi connectivity index (χ0) is 9.42. The Morgan fingerprint density at radius 3 is 2.92 bits per heavy atom. The van der Waals surface area contributed by atoms with E-state index in [4.69, 9.17) is 10.3 Å². The van der Waals surface area contributed by atoms with Crippen molar-refractivity contribution in [2.24, 2.45) is 5.73 Å². The summed E-state index contributed by atoms with van der Waals surface area (Å²) in [6.07, 6.45) is 0. The molecule has 3 heteroatoms. The molecule has 1 heterocycles. The summed E-state index contributed by atoms with van der Waals surface area (Å²) < 4.78 is 5.06. The fourth-order valence-corrected chi connectivity index (χ4v) is 1.37. The third-order valence-corrected chi connectivity index (χ3v) is 2.21. The van der Waals surface area contributed by atoms with E-state index in [-0.39, 0.29) is 6.04 Å². The van der Waals surface area contributed by atoms with E-state index in [1.165, 1.54) is 0 Å². The predicted molar refractivity (Wildman–Crippen MR) is 51.3 cm³/mol. The van der Waals surface area contributed by atoms with Crippen LogP contribution >= 0.6 is 0 Å². The van der Waals surface area contributed by atoms with E-state index in [1.54, 1.807) is 0 Å². The second kappa shape index (κ2) is 2.85. The Labute approximate surface area is 76.5 Å². The van der Waals surface area contributed by atoms with Crippen LogP contribution < -0.4 is 5.73 Å². The molecule has 1 aromatic carbocycles. The molecule has 1 atom stereocenters. The predicted octanol–water partition coefficient (Wildman–Crippen LogP) is 2.16. The third kappa shape index (κ3) is 1.31. The molecule has 1 unspecified atom stereocenters. The molecular weight excluding hydrogens is 164 g/mol. The van der Waals surface area contributed by atoms with Crippen LogP contribution in [0.2, 0.25) is 0 Å². The standard InChI is InChI=1S/C10H12N2O/c1-6(11)8-3-4-10-9(5-8)7(2)13-12-10/h3-6H,11H2,1-2H3. The summed E-state index contributed by atoms with van der Waals surface area (Å²) in [4.78, 5) is 0. The van der Waals surface area contributed by atoms with Gasteiger partial charge in [0.2, 0.25) is 0 Å². The Balaban J connectivity index is 2.66. The lowest BCUT2D eigenvalue weighted by Gasteiger charge is -2.03. The monoisotopic (exact) mass is 176 g/mol. The van der Waals surface area contributed by atoms with Gasteiger partial charge in [0, 0.05) is 11.4 Å². The van der Waals surface area contributed by atoms with Gasteiger partial charge in [0.15, 0.2) is 0 Å². The fourth-order valence-electron chi connectivity index (χ4n) is 1.37. The normalized spacial score (nSPS) is 13.5. The number of fused-ring (bicyclic) bond motifs is 1. The maximum atomic E-state index is 5.77. The first-order valence-corrected chi connectivity index (χ1v) is 4.30. The number of benzene rings is 1. The minimum atomic E-state index is 0.0544. The summed E-state index contributed by atoms with van der Waals surface area (Å²) in [6, 6.07) is 6.00. The van der Waals surface area contributed by atoms with Crippen LogP contribution in [0.1, 0.15) is 24.3 Å². The highest BCUT2D eigenvalue weighted by Gasteiger charge is 2.06. The molecule has 0 fully saturated rings. The van der Waals surface area contributed by atoms with Crippen LogP contribution in [0.5, 0.6) is 0 Å². The van der Waals surface area contributed by atoms with Crippen molar-refractivity contribution in [2.45, 2.75) is 19.9 Å². The van der Waals surface area contributed by atoms with Crippen LogP contribution in [0.4, 0.5) is 0 Å². The lowest BCUT2D eigenvalue weighted by atomic mass is 10.1. The van der Waals surface area contributed by atoms with Crippen molar-refractivity contribution >= 4 is 10.9 Å². The molecule has 0 amide bonds. The van der Waals surface area contributed by atoms with Crippen molar-refractivity contribution in [1.29, 1.82) is 0 Å². The third-order valence-electron chi connectivity index (χ3n) is 2.21. The summed E-state index contributed by atoms with van der Waals surface area (Å²) in [5.74, 6) is 0.845. The van der Waals surface area contributed by atoms with Gasteiger partial charge in [0.1, 0.15) is 11.3 Å². The van der Waals surface area contributed by atoms with Gasteiger partial charge < -0.3 is 10.3 Å². The zero-order valence-electron chi connectivity index (χ0n) is 7.74. The van der Waals surface area contributed by atoms with E-state index >= 15 is 0 Å². The summed E-state index contributed by atoms with van der Waals surface area (Å²) in [5.41, 5.74) is 7.77. The summed E-state index contributed by atoms with van der Waals surface area (Å²) >= 11 is 0. The van der Waals surface area contributed by atoms with Gasteiger partial charge in [-0.05, 0) is 31.5 Å². The van der Waals surface area contributed by atoms with Gasteiger partial charge in [-0.2, -0.15) is 0 Å². The van der Waals surface area contributed by atoms with Crippen molar-refractivity contribution in [3.05, 3.63) is 29.5 Å². The number of rotatable bonds is 1. The van der Waals surface area contributed by atoms with Crippen LogP contribution in [-0.4, -0.2) is 5.16 Å². The Kier molecular flexibility index (Phi) is 1.81.